The van der Waals surface area contributed by atoms with Crippen molar-refractivity contribution in [2.45, 2.75) is 30.7 Å². The number of ether oxygens (including phenoxy) is 2. The Balaban J connectivity index is 1.28. The van der Waals surface area contributed by atoms with Gasteiger partial charge in [-0.05, 0) is 46.5 Å². The number of likely N-dealkylation sites (tertiary alicyclic amines) is 1. The number of carbonyl (C=O) groups is 1. The van der Waals surface area contributed by atoms with Crippen LogP contribution in [0, 0.1) is 0 Å². The second-order valence-electron chi connectivity index (χ2n) is 10.5. The van der Waals surface area contributed by atoms with E-state index in [4.69, 9.17) is 9.47 Å². The molecule has 0 radical (unpaired) electrons. The van der Waals surface area contributed by atoms with Crippen LogP contribution in [-0.2, 0) is 21.7 Å². The summed E-state index contributed by atoms with van der Waals surface area (Å²) in [7, 11) is 0. The number of aliphatic hydroxyl groups excluding tert-OH is 1. The smallest absolute Gasteiger partial charge is 0.225 e. The molecular weight excluding hydrogens is 522 g/mol. The molecule has 1 aliphatic heterocycles. The summed E-state index contributed by atoms with van der Waals surface area (Å²) >= 11 is 0. The summed E-state index contributed by atoms with van der Waals surface area (Å²) in [6.45, 7) is 0.519. The highest BCUT2D eigenvalue weighted by Crippen LogP contribution is 2.41. The molecule has 1 amide bonds. The predicted molar refractivity (Wildman–Crippen MR) is 163 cm³/mol. The van der Waals surface area contributed by atoms with Gasteiger partial charge in [-0.2, -0.15) is 0 Å². The molecule has 0 spiro atoms. The van der Waals surface area contributed by atoms with Crippen molar-refractivity contribution in [3.05, 3.63) is 168 Å². The van der Waals surface area contributed by atoms with Crippen LogP contribution in [0.25, 0.3) is 0 Å². The van der Waals surface area contributed by atoms with Crippen LogP contribution < -0.4 is 4.74 Å². The van der Waals surface area contributed by atoms with Gasteiger partial charge in [0.25, 0.3) is 0 Å². The van der Waals surface area contributed by atoms with Gasteiger partial charge >= 0.3 is 0 Å². The van der Waals surface area contributed by atoms with Crippen molar-refractivity contribution in [2.75, 3.05) is 6.61 Å². The summed E-state index contributed by atoms with van der Waals surface area (Å²) in [6, 6.07) is 47.2. The molecule has 5 nitrogen and oxygen atoms in total. The third-order valence-electron chi connectivity index (χ3n) is 7.82. The SMILES string of the molecule is O=C1C[C@@H](O)[C@@H](COC(c2ccccc2)(c2ccccc2)c2ccccc2)N1Cc1ccc(Oc2ccccc2)cc1. The van der Waals surface area contributed by atoms with E-state index < -0.39 is 17.7 Å². The molecule has 1 N–H and O–H groups in total. The maximum atomic E-state index is 13.1. The minimum atomic E-state index is -0.933. The lowest BCUT2D eigenvalue weighted by atomic mass is 9.80. The number of rotatable bonds is 10. The fourth-order valence-electron chi connectivity index (χ4n) is 5.69. The highest BCUT2D eigenvalue weighted by atomic mass is 16.5. The molecule has 1 fully saturated rings. The zero-order valence-electron chi connectivity index (χ0n) is 23.3. The average Bonchev–Trinajstić information content (AvgIpc) is 3.31. The van der Waals surface area contributed by atoms with E-state index in [0.717, 1.165) is 33.8 Å². The minimum absolute atomic E-state index is 0.0677. The Morgan fingerprint density at radius 3 is 1.60 bits per heavy atom. The van der Waals surface area contributed by atoms with Gasteiger partial charge in [0.15, 0.2) is 0 Å². The summed E-state index contributed by atoms with van der Waals surface area (Å²) < 4.78 is 12.9. The fourth-order valence-corrected chi connectivity index (χ4v) is 5.69. The van der Waals surface area contributed by atoms with E-state index in [0.29, 0.717) is 6.54 Å². The van der Waals surface area contributed by atoms with Crippen molar-refractivity contribution in [1.29, 1.82) is 0 Å². The third-order valence-corrected chi connectivity index (χ3v) is 7.82. The largest absolute Gasteiger partial charge is 0.457 e. The van der Waals surface area contributed by atoms with Crippen LogP contribution in [0.15, 0.2) is 146 Å². The second kappa shape index (κ2) is 12.4. The lowest BCUT2D eigenvalue weighted by Gasteiger charge is -2.38. The lowest BCUT2D eigenvalue weighted by molar-refractivity contribution is -0.131. The number of nitrogens with zero attached hydrogens (tertiary/aromatic N) is 1. The molecule has 2 atom stereocenters. The number of hydrogen-bond donors (Lipinski definition) is 1. The van der Waals surface area contributed by atoms with Crippen LogP contribution in [0.1, 0.15) is 28.7 Å². The molecule has 1 heterocycles. The van der Waals surface area contributed by atoms with E-state index in [1.165, 1.54) is 0 Å². The molecular formula is C37H33NO4. The fraction of sp³-hybridized carbons (Fsp3) is 0.162. The molecule has 6 rings (SSSR count). The average molecular weight is 556 g/mol. The van der Waals surface area contributed by atoms with E-state index in [1.807, 2.05) is 109 Å². The standard InChI is InChI=1S/C37H33NO4/c39-35-25-36(40)38(26-28-21-23-33(24-22-28)42-32-19-11-4-12-20-32)34(35)27-41-37(29-13-5-1-6-14-29,30-15-7-2-8-16-30)31-17-9-3-10-18-31/h1-24,34-35,39H,25-27H2/t34-,35-/m1/s1. The molecule has 5 aromatic rings. The van der Waals surface area contributed by atoms with Crippen LogP contribution in [0.4, 0.5) is 0 Å². The Morgan fingerprint density at radius 1 is 0.643 bits per heavy atom. The Hall–Kier alpha value is -4.71. The van der Waals surface area contributed by atoms with Crippen molar-refractivity contribution in [1.82, 2.24) is 4.90 Å². The molecule has 0 aromatic heterocycles. The van der Waals surface area contributed by atoms with Gasteiger partial charge in [0.05, 0.1) is 25.2 Å². The monoisotopic (exact) mass is 555 g/mol. The van der Waals surface area contributed by atoms with Gasteiger partial charge in [0, 0.05) is 6.54 Å². The number of benzene rings is 5. The van der Waals surface area contributed by atoms with Gasteiger partial charge < -0.3 is 19.5 Å². The van der Waals surface area contributed by atoms with Crippen molar-refractivity contribution in [2.24, 2.45) is 0 Å². The Bertz CT molecular complexity index is 1480. The summed E-state index contributed by atoms with van der Waals surface area (Å²) in [5.41, 5.74) is 2.94. The topological polar surface area (TPSA) is 59.0 Å². The van der Waals surface area contributed by atoms with Crippen LogP contribution in [0.2, 0.25) is 0 Å². The van der Waals surface area contributed by atoms with Crippen LogP contribution >= 0.6 is 0 Å². The maximum absolute atomic E-state index is 13.1. The van der Waals surface area contributed by atoms with E-state index in [-0.39, 0.29) is 18.9 Å². The van der Waals surface area contributed by atoms with E-state index >= 15 is 0 Å². The first-order valence-electron chi connectivity index (χ1n) is 14.2. The predicted octanol–water partition coefficient (Wildman–Crippen LogP) is 6.95. The Morgan fingerprint density at radius 2 is 1.10 bits per heavy atom. The number of carbonyl (C=O) groups excluding carboxylic acids is 1. The summed E-state index contributed by atoms with van der Waals surface area (Å²) in [5, 5.41) is 11.1. The van der Waals surface area contributed by atoms with Gasteiger partial charge in [-0.15, -0.1) is 0 Å². The summed E-state index contributed by atoms with van der Waals surface area (Å²) in [6.07, 6.45) is -0.767. The molecule has 5 heteroatoms. The highest BCUT2D eigenvalue weighted by Gasteiger charge is 2.43. The first-order valence-corrected chi connectivity index (χ1v) is 14.2. The van der Waals surface area contributed by atoms with E-state index in [1.54, 1.807) is 4.90 Å². The molecule has 0 bridgehead atoms. The molecule has 0 unspecified atom stereocenters. The van der Waals surface area contributed by atoms with Gasteiger partial charge in [-0.3, -0.25) is 4.79 Å². The molecule has 1 saturated heterocycles. The van der Waals surface area contributed by atoms with Gasteiger partial charge in [-0.1, -0.05) is 121 Å². The number of para-hydroxylation sites is 1. The van der Waals surface area contributed by atoms with Crippen LogP contribution in [-0.4, -0.2) is 34.7 Å². The van der Waals surface area contributed by atoms with Crippen molar-refractivity contribution < 1.29 is 19.4 Å². The first-order chi connectivity index (χ1) is 20.6. The molecule has 0 aliphatic carbocycles. The van der Waals surface area contributed by atoms with Crippen molar-refractivity contribution in [3.8, 4) is 11.5 Å². The molecule has 0 saturated carbocycles. The van der Waals surface area contributed by atoms with Crippen molar-refractivity contribution >= 4 is 5.91 Å². The minimum Gasteiger partial charge on any atom is -0.457 e. The summed E-state index contributed by atoms with van der Waals surface area (Å²) in [5.74, 6) is 1.39. The molecule has 42 heavy (non-hydrogen) atoms. The van der Waals surface area contributed by atoms with Crippen molar-refractivity contribution in [3.63, 3.8) is 0 Å². The Labute approximate surface area is 246 Å². The quantitative estimate of drug-likeness (QED) is 0.190. The maximum Gasteiger partial charge on any atom is 0.225 e. The van der Waals surface area contributed by atoms with Crippen LogP contribution in [0.5, 0.6) is 11.5 Å². The van der Waals surface area contributed by atoms with Gasteiger partial charge in [-0.25, -0.2) is 0 Å². The lowest BCUT2D eigenvalue weighted by Crippen LogP contribution is -2.44. The second-order valence-corrected chi connectivity index (χ2v) is 10.5. The number of amides is 1. The first kappa shape index (κ1) is 27.5. The zero-order valence-corrected chi connectivity index (χ0v) is 23.3. The van der Waals surface area contributed by atoms with E-state index in [2.05, 4.69) is 36.4 Å². The highest BCUT2D eigenvalue weighted by molar-refractivity contribution is 5.79. The number of hydrogen-bond acceptors (Lipinski definition) is 4. The third kappa shape index (κ3) is 5.70. The van der Waals surface area contributed by atoms with E-state index in [9.17, 15) is 9.90 Å². The van der Waals surface area contributed by atoms with Gasteiger partial charge in [0.1, 0.15) is 17.1 Å². The molecule has 5 aromatic carbocycles. The van der Waals surface area contributed by atoms with Crippen LogP contribution in [0.3, 0.4) is 0 Å². The summed E-state index contributed by atoms with van der Waals surface area (Å²) in [4.78, 5) is 14.9. The normalized spacial score (nSPS) is 16.9. The van der Waals surface area contributed by atoms with Gasteiger partial charge in [0.2, 0.25) is 5.91 Å². The number of aliphatic hydroxyl groups is 1. The Kier molecular flexibility index (Phi) is 8.13. The molecule has 210 valence electrons. The molecule has 1 aliphatic rings. The zero-order chi connectivity index (χ0) is 28.8.